The second-order valence-corrected chi connectivity index (χ2v) is 5.03. The van der Waals surface area contributed by atoms with Crippen molar-refractivity contribution >= 4 is 5.91 Å². The molecule has 1 aromatic carbocycles. The van der Waals surface area contributed by atoms with Crippen molar-refractivity contribution in [1.82, 2.24) is 25.0 Å². The summed E-state index contributed by atoms with van der Waals surface area (Å²) < 4.78 is 0. The number of benzene rings is 1. The second-order valence-electron chi connectivity index (χ2n) is 5.03. The van der Waals surface area contributed by atoms with Gasteiger partial charge in [-0.25, -0.2) is 4.98 Å². The molecule has 0 saturated carbocycles. The van der Waals surface area contributed by atoms with E-state index in [0.717, 1.165) is 6.54 Å². The highest BCUT2D eigenvalue weighted by Gasteiger charge is 2.13. The van der Waals surface area contributed by atoms with Crippen molar-refractivity contribution < 1.29 is 4.79 Å². The van der Waals surface area contributed by atoms with Gasteiger partial charge in [0.1, 0.15) is 12.2 Å². The van der Waals surface area contributed by atoms with Crippen molar-refractivity contribution in [2.45, 2.75) is 13.1 Å². The fourth-order valence-electron chi connectivity index (χ4n) is 1.94. The largest absolute Gasteiger partial charge is 0.334 e. The fourth-order valence-corrected chi connectivity index (χ4v) is 1.94. The minimum atomic E-state index is -0.0298. The molecule has 1 N–H and O–H groups in total. The highest BCUT2D eigenvalue weighted by Crippen LogP contribution is 2.09. The van der Waals surface area contributed by atoms with E-state index >= 15 is 0 Å². The van der Waals surface area contributed by atoms with Gasteiger partial charge in [0.25, 0.3) is 5.91 Å². The Morgan fingerprint density at radius 2 is 1.85 bits per heavy atom. The number of aromatic nitrogens is 3. The number of rotatable bonds is 5. The number of nitrogens with zero attached hydrogens (tertiary/aromatic N) is 4. The number of amides is 1. The zero-order chi connectivity index (χ0) is 14.5. The van der Waals surface area contributed by atoms with Crippen LogP contribution in [0.1, 0.15) is 21.7 Å². The number of hydrogen-bond acceptors (Lipinski definition) is 4. The van der Waals surface area contributed by atoms with Crippen LogP contribution < -0.4 is 0 Å². The van der Waals surface area contributed by atoms with Crippen molar-refractivity contribution in [2.24, 2.45) is 0 Å². The van der Waals surface area contributed by atoms with Crippen LogP contribution in [-0.2, 0) is 13.1 Å². The topological polar surface area (TPSA) is 65.1 Å². The second kappa shape index (κ2) is 6.29. The van der Waals surface area contributed by atoms with Gasteiger partial charge in [-0.3, -0.25) is 9.89 Å². The zero-order valence-electron chi connectivity index (χ0n) is 12.0. The van der Waals surface area contributed by atoms with Gasteiger partial charge in [-0.2, -0.15) is 5.10 Å². The van der Waals surface area contributed by atoms with Crippen LogP contribution in [0.25, 0.3) is 0 Å². The van der Waals surface area contributed by atoms with E-state index in [1.807, 2.05) is 38.4 Å². The third kappa shape index (κ3) is 3.64. The Balaban J connectivity index is 2.01. The molecule has 0 saturated heterocycles. The van der Waals surface area contributed by atoms with Gasteiger partial charge in [-0.05, 0) is 31.8 Å². The highest BCUT2D eigenvalue weighted by molar-refractivity contribution is 5.94. The molecule has 0 atom stereocenters. The molecule has 6 heteroatoms. The molecule has 0 aliphatic carbocycles. The van der Waals surface area contributed by atoms with Gasteiger partial charge in [-0.1, -0.05) is 12.1 Å². The van der Waals surface area contributed by atoms with Crippen molar-refractivity contribution in [3.05, 3.63) is 47.5 Å². The summed E-state index contributed by atoms with van der Waals surface area (Å²) in [6.45, 7) is 1.28. The first-order valence-corrected chi connectivity index (χ1v) is 6.39. The quantitative estimate of drug-likeness (QED) is 0.887. The maximum atomic E-state index is 12.3. The minimum absolute atomic E-state index is 0.0298. The summed E-state index contributed by atoms with van der Waals surface area (Å²) in [5.41, 5.74) is 1.86. The van der Waals surface area contributed by atoms with Gasteiger partial charge in [-0.15, -0.1) is 0 Å². The summed E-state index contributed by atoms with van der Waals surface area (Å²) in [5, 5.41) is 6.51. The smallest absolute Gasteiger partial charge is 0.254 e. The first kappa shape index (κ1) is 14.2. The first-order chi connectivity index (χ1) is 9.56. The van der Waals surface area contributed by atoms with Gasteiger partial charge in [0.2, 0.25) is 0 Å². The van der Waals surface area contributed by atoms with Crippen molar-refractivity contribution in [1.29, 1.82) is 0 Å². The summed E-state index contributed by atoms with van der Waals surface area (Å²) in [5.74, 6) is 0.642. The molecule has 106 valence electrons. The Bertz CT molecular complexity index is 547. The first-order valence-electron chi connectivity index (χ1n) is 6.39. The fraction of sp³-hybridized carbons (Fsp3) is 0.357. The number of nitrogens with one attached hydrogen (secondary N) is 1. The molecule has 6 nitrogen and oxygen atoms in total. The van der Waals surface area contributed by atoms with Crippen LogP contribution in [0.15, 0.2) is 30.6 Å². The van der Waals surface area contributed by atoms with Crippen LogP contribution in [0.2, 0.25) is 0 Å². The van der Waals surface area contributed by atoms with E-state index in [1.165, 1.54) is 11.9 Å². The van der Waals surface area contributed by atoms with E-state index in [-0.39, 0.29) is 5.91 Å². The third-order valence-corrected chi connectivity index (χ3v) is 2.90. The van der Waals surface area contributed by atoms with E-state index in [9.17, 15) is 4.79 Å². The Kier molecular flexibility index (Phi) is 4.47. The standard InChI is InChI=1S/C14H19N5O/c1-18(2)8-11-4-6-12(7-5-11)14(20)19(3)9-13-15-10-16-17-13/h4-7,10H,8-9H2,1-3H3,(H,15,16,17). The summed E-state index contributed by atoms with van der Waals surface area (Å²) in [4.78, 5) is 20.0. The molecule has 0 spiro atoms. The van der Waals surface area contributed by atoms with E-state index in [4.69, 9.17) is 0 Å². The maximum absolute atomic E-state index is 12.3. The minimum Gasteiger partial charge on any atom is -0.334 e. The third-order valence-electron chi connectivity index (χ3n) is 2.90. The highest BCUT2D eigenvalue weighted by atomic mass is 16.2. The predicted molar refractivity (Wildman–Crippen MR) is 76.0 cm³/mol. The summed E-state index contributed by atoms with van der Waals surface area (Å²) in [6.07, 6.45) is 1.43. The van der Waals surface area contributed by atoms with Crippen molar-refractivity contribution in [3.8, 4) is 0 Å². The van der Waals surface area contributed by atoms with Gasteiger partial charge in [0.15, 0.2) is 0 Å². The number of carbonyl (C=O) groups is 1. The van der Waals surface area contributed by atoms with Gasteiger partial charge in [0, 0.05) is 19.2 Å². The summed E-state index contributed by atoms with van der Waals surface area (Å²) in [7, 11) is 5.78. The van der Waals surface area contributed by atoms with Crippen LogP contribution in [0.4, 0.5) is 0 Å². The van der Waals surface area contributed by atoms with Gasteiger partial charge >= 0.3 is 0 Å². The van der Waals surface area contributed by atoms with E-state index in [1.54, 1.807) is 11.9 Å². The molecule has 1 aromatic heterocycles. The molecule has 0 aliphatic heterocycles. The number of carbonyl (C=O) groups excluding carboxylic acids is 1. The Labute approximate surface area is 118 Å². The zero-order valence-corrected chi connectivity index (χ0v) is 12.0. The molecule has 20 heavy (non-hydrogen) atoms. The number of H-pyrrole nitrogens is 1. The molecule has 0 fully saturated rings. The summed E-state index contributed by atoms with van der Waals surface area (Å²) in [6, 6.07) is 7.68. The Hall–Kier alpha value is -2.21. The van der Waals surface area contributed by atoms with Crippen LogP contribution in [0.3, 0.4) is 0 Å². The average Bonchev–Trinajstić information content (AvgIpc) is 2.91. The molecule has 0 bridgehead atoms. The van der Waals surface area contributed by atoms with E-state index in [2.05, 4.69) is 20.1 Å². The average molecular weight is 273 g/mol. The van der Waals surface area contributed by atoms with Crippen LogP contribution in [0.5, 0.6) is 0 Å². The van der Waals surface area contributed by atoms with Gasteiger partial charge in [0.05, 0.1) is 6.54 Å². The van der Waals surface area contributed by atoms with Crippen molar-refractivity contribution in [3.63, 3.8) is 0 Å². The molecule has 2 rings (SSSR count). The van der Waals surface area contributed by atoms with Crippen molar-refractivity contribution in [2.75, 3.05) is 21.1 Å². The lowest BCUT2D eigenvalue weighted by atomic mass is 10.1. The monoisotopic (exact) mass is 273 g/mol. The number of aromatic amines is 1. The normalized spacial score (nSPS) is 10.8. The Morgan fingerprint density at radius 3 is 2.40 bits per heavy atom. The molecule has 0 aliphatic rings. The molecule has 0 radical (unpaired) electrons. The van der Waals surface area contributed by atoms with E-state index in [0.29, 0.717) is 17.9 Å². The van der Waals surface area contributed by atoms with Gasteiger partial charge < -0.3 is 9.80 Å². The Morgan fingerprint density at radius 1 is 1.15 bits per heavy atom. The molecule has 2 aromatic rings. The van der Waals surface area contributed by atoms with Crippen LogP contribution >= 0.6 is 0 Å². The molecule has 1 amide bonds. The summed E-state index contributed by atoms with van der Waals surface area (Å²) >= 11 is 0. The lowest BCUT2D eigenvalue weighted by Crippen LogP contribution is -2.26. The predicted octanol–water partition coefficient (Wildman–Crippen LogP) is 1.14. The SMILES string of the molecule is CN(C)Cc1ccc(C(=O)N(C)Cc2ncn[nH]2)cc1. The number of hydrogen-bond donors (Lipinski definition) is 1. The molecular formula is C14H19N5O. The molecular weight excluding hydrogens is 254 g/mol. The van der Waals surface area contributed by atoms with E-state index < -0.39 is 0 Å². The van der Waals surface area contributed by atoms with Crippen LogP contribution in [0, 0.1) is 0 Å². The lowest BCUT2D eigenvalue weighted by molar-refractivity contribution is 0.0781. The molecule has 1 heterocycles. The molecule has 0 unspecified atom stereocenters. The van der Waals surface area contributed by atoms with Crippen LogP contribution in [-0.4, -0.2) is 52.0 Å². The lowest BCUT2D eigenvalue weighted by Gasteiger charge is -2.16. The maximum Gasteiger partial charge on any atom is 0.254 e.